The largest absolute Gasteiger partial charge is 0.337 e. The van der Waals surface area contributed by atoms with Gasteiger partial charge in [0.15, 0.2) is 17.0 Å². The van der Waals surface area contributed by atoms with Crippen molar-refractivity contribution in [1.29, 1.82) is 0 Å². The molecule has 0 aliphatic carbocycles. The van der Waals surface area contributed by atoms with Gasteiger partial charge in [-0.05, 0) is 5.92 Å². The van der Waals surface area contributed by atoms with Gasteiger partial charge in [0.25, 0.3) is 5.56 Å². The highest BCUT2D eigenvalue weighted by molar-refractivity contribution is 5.70. The Labute approximate surface area is 131 Å². The Morgan fingerprint density at radius 1 is 1.22 bits per heavy atom. The summed E-state index contributed by atoms with van der Waals surface area (Å²) >= 11 is 0. The van der Waals surface area contributed by atoms with Gasteiger partial charge in [-0.15, -0.1) is 0 Å². The lowest BCUT2D eigenvalue weighted by Crippen LogP contribution is -2.37. The lowest BCUT2D eigenvalue weighted by Gasteiger charge is -2.04. The first-order valence-corrected chi connectivity index (χ1v) is 7.30. The van der Waals surface area contributed by atoms with Gasteiger partial charge in [0.2, 0.25) is 5.89 Å². The molecule has 0 saturated carbocycles. The van der Waals surface area contributed by atoms with Crippen LogP contribution < -0.4 is 11.2 Å². The predicted molar refractivity (Wildman–Crippen MR) is 82.2 cm³/mol. The van der Waals surface area contributed by atoms with Crippen molar-refractivity contribution in [2.45, 2.75) is 26.8 Å². The zero-order valence-electron chi connectivity index (χ0n) is 13.5. The Morgan fingerprint density at radius 2 is 1.96 bits per heavy atom. The first-order valence-electron chi connectivity index (χ1n) is 7.30. The molecule has 3 rings (SSSR count). The zero-order valence-corrected chi connectivity index (χ0v) is 13.5. The lowest BCUT2D eigenvalue weighted by atomic mass is 10.1. The van der Waals surface area contributed by atoms with E-state index >= 15 is 0 Å². The number of nitrogens with zero attached hydrogens (tertiary/aromatic N) is 6. The molecule has 0 N–H and O–H groups in total. The monoisotopic (exact) mass is 318 g/mol. The topological polar surface area (TPSA) is 101 Å². The number of aryl methyl sites for hydroxylation is 1. The van der Waals surface area contributed by atoms with Crippen LogP contribution in [-0.4, -0.2) is 28.8 Å². The maximum absolute atomic E-state index is 12.3. The highest BCUT2D eigenvalue weighted by Gasteiger charge is 2.16. The number of hydrogen-bond acceptors (Lipinski definition) is 6. The van der Waals surface area contributed by atoms with E-state index in [1.165, 1.54) is 17.9 Å². The molecule has 0 spiro atoms. The van der Waals surface area contributed by atoms with Gasteiger partial charge in [-0.1, -0.05) is 19.0 Å². The van der Waals surface area contributed by atoms with E-state index in [1.54, 1.807) is 11.6 Å². The molecule has 9 nitrogen and oxygen atoms in total. The van der Waals surface area contributed by atoms with E-state index in [0.717, 1.165) is 11.0 Å². The van der Waals surface area contributed by atoms with Crippen LogP contribution in [0, 0.1) is 5.92 Å². The van der Waals surface area contributed by atoms with E-state index < -0.39 is 11.2 Å². The van der Waals surface area contributed by atoms with Crippen LogP contribution in [0.4, 0.5) is 0 Å². The van der Waals surface area contributed by atoms with Gasteiger partial charge < -0.3 is 9.09 Å². The van der Waals surface area contributed by atoms with Gasteiger partial charge in [-0.3, -0.25) is 13.9 Å². The molecule has 0 aliphatic heterocycles. The van der Waals surface area contributed by atoms with Crippen molar-refractivity contribution in [3.05, 3.63) is 38.9 Å². The van der Waals surface area contributed by atoms with Crippen LogP contribution in [-0.2, 0) is 27.1 Å². The number of aromatic nitrogens is 6. The molecule has 0 bridgehead atoms. The highest BCUT2D eigenvalue weighted by atomic mass is 16.5. The summed E-state index contributed by atoms with van der Waals surface area (Å²) in [6.07, 6.45) is 2.22. The van der Waals surface area contributed by atoms with Crippen molar-refractivity contribution in [1.82, 2.24) is 28.8 Å². The van der Waals surface area contributed by atoms with E-state index in [1.807, 2.05) is 0 Å². The molecule has 3 aromatic heterocycles. The first-order chi connectivity index (χ1) is 10.9. The molecule has 0 unspecified atom stereocenters. The normalized spacial score (nSPS) is 11.7. The van der Waals surface area contributed by atoms with E-state index in [2.05, 4.69) is 29.0 Å². The van der Waals surface area contributed by atoms with Crippen LogP contribution in [0.5, 0.6) is 0 Å². The Bertz CT molecular complexity index is 975. The first kappa shape index (κ1) is 15.2. The minimum Gasteiger partial charge on any atom is -0.337 e. The van der Waals surface area contributed by atoms with E-state index in [4.69, 9.17) is 4.52 Å². The fraction of sp³-hybridized carbons (Fsp3) is 0.500. The quantitative estimate of drug-likeness (QED) is 0.674. The second-order valence-corrected chi connectivity index (χ2v) is 5.95. The molecule has 0 aliphatic rings. The second kappa shape index (κ2) is 5.49. The highest BCUT2D eigenvalue weighted by Crippen LogP contribution is 2.10. The fourth-order valence-electron chi connectivity index (χ4n) is 2.46. The third kappa shape index (κ3) is 2.58. The average molecular weight is 318 g/mol. The second-order valence-electron chi connectivity index (χ2n) is 5.95. The Kier molecular flexibility index (Phi) is 3.63. The fourth-order valence-corrected chi connectivity index (χ4v) is 2.46. The van der Waals surface area contributed by atoms with Crippen LogP contribution >= 0.6 is 0 Å². The Hall–Kier alpha value is -2.71. The smallest absolute Gasteiger partial charge is 0.332 e. The molecule has 3 heterocycles. The molecule has 0 atom stereocenters. The molecular weight excluding hydrogens is 300 g/mol. The van der Waals surface area contributed by atoms with Crippen LogP contribution in [0.3, 0.4) is 0 Å². The van der Waals surface area contributed by atoms with Crippen molar-refractivity contribution >= 4 is 11.2 Å². The maximum Gasteiger partial charge on any atom is 0.332 e. The molecule has 23 heavy (non-hydrogen) atoms. The average Bonchev–Trinajstić information content (AvgIpc) is 3.10. The Balaban J connectivity index is 2.03. The summed E-state index contributed by atoms with van der Waals surface area (Å²) in [5.74, 6) is 1.46. The predicted octanol–water partition coefficient (Wildman–Crippen LogP) is 0.0635. The van der Waals surface area contributed by atoms with Crippen molar-refractivity contribution in [2.75, 3.05) is 0 Å². The molecule has 122 valence electrons. The number of fused-ring (bicyclic) bond motifs is 1. The van der Waals surface area contributed by atoms with Crippen LogP contribution in [0.15, 0.2) is 20.4 Å². The van der Waals surface area contributed by atoms with Crippen molar-refractivity contribution in [3.8, 4) is 0 Å². The molecule has 0 saturated heterocycles. The molecule has 0 aromatic carbocycles. The summed E-state index contributed by atoms with van der Waals surface area (Å²) in [6, 6.07) is 0. The number of rotatable bonds is 4. The molecule has 0 fully saturated rings. The lowest BCUT2D eigenvalue weighted by molar-refractivity contribution is 0.365. The van der Waals surface area contributed by atoms with E-state index in [-0.39, 0.29) is 6.54 Å². The third-order valence-corrected chi connectivity index (χ3v) is 3.62. The SMILES string of the molecule is CC(C)Cc1noc(Cn2cnc3c2c(=O)n(C)c(=O)n3C)n1. The van der Waals surface area contributed by atoms with Gasteiger partial charge in [0, 0.05) is 20.5 Å². The standard InChI is InChI=1S/C14H18N6O3/c1-8(2)5-9-16-10(23-17-9)6-20-7-15-12-11(20)13(21)19(4)14(22)18(12)3/h7-8H,5-6H2,1-4H3. The van der Waals surface area contributed by atoms with Crippen LogP contribution in [0.1, 0.15) is 25.6 Å². The van der Waals surface area contributed by atoms with Gasteiger partial charge >= 0.3 is 5.69 Å². The van der Waals surface area contributed by atoms with Gasteiger partial charge in [0.05, 0.1) is 6.33 Å². The summed E-state index contributed by atoms with van der Waals surface area (Å²) in [5, 5.41) is 3.93. The number of imidazole rings is 1. The van der Waals surface area contributed by atoms with Gasteiger partial charge in [-0.2, -0.15) is 4.98 Å². The molecular formula is C14H18N6O3. The van der Waals surface area contributed by atoms with Gasteiger partial charge in [-0.25, -0.2) is 9.78 Å². The summed E-state index contributed by atoms with van der Waals surface area (Å²) in [6.45, 7) is 4.38. The van der Waals surface area contributed by atoms with Crippen molar-refractivity contribution in [3.63, 3.8) is 0 Å². The number of hydrogen-bond donors (Lipinski definition) is 0. The van der Waals surface area contributed by atoms with Crippen LogP contribution in [0.25, 0.3) is 11.2 Å². The summed E-state index contributed by atoms with van der Waals surface area (Å²) in [5.41, 5.74) is -0.148. The minimum atomic E-state index is -0.412. The molecule has 0 radical (unpaired) electrons. The molecule has 9 heteroatoms. The summed E-state index contributed by atoms with van der Waals surface area (Å²) in [7, 11) is 3.02. The summed E-state index contributed by atoms with van der Waals surface area (Å²) < 4.78 is 9.23. The van der Waals surface area contributed by atoms with Crippen molar-refractivity contribution < 1.29 is 4.52 Å². The molecule has 0 amide bonds. The van der Waals surface area contributed by atoms with Gasteiger partial charge in [0.1, 0.15) is 6.54 Å². The van der Waals surface area contributed by atoms with E-state index in [9.17, 15) is 9.59 Å². The van der Waals surface area contributed by atoms with Crippen molar-refractivity contribution in [2.24, 2.45) is 20.0 Å². The maximum atomic E-state index is 12.3. The molecule has 3 aromatic rings. The zero-order chi connectivity index (χ0) is 16.7. The third-order valence-electron chi connectivity index (χ3n) is 3.62. The van der Waals surface area contributed by atoms with Crippen LogP contribution in [0.2, 0.25) is 0 Å². The van der Waals surface area contributed by atoms with E-state index in [0.29, 0.717) is 28.8 Å². The summed E-state index contributed by atoms with van der Waals surface area (Å²) in [4.78, 5) is 32.7. The Morgan fingerprint density at radius 3 is 2.65 bits per heavy atom. The minimum absolute atomic E-state index is 0.231.